The van der Waals surface area contributed by atoms with E-state index in [1.807, 2.05) is 25.1 Å². The molecule has 178 valence electrons. The summed E-state index contributed by atoms with van der Waals surface area (Å²) < 4.78 is 29.7. The molecule has 8 heteroatoms. The maximum absolute atomic E-state index is 11.7. The Hall–Kier alpha value is -1.42. The maximum Gasteiger partial charge on any atom is 0.201 e. The van der Waals surface area contributed by atoms with Gasteiger partial charge in [0.1, 0.15) is 17.1 Å². The average Bonchev–Trinajstić information content (AvgIpc) is 3.00. The van der Waals surface area contributed by atoms with E-state index >= 15 is 0 Å². The van der Waals surface area contributed by atoms with Gasteiger partial charge in [-0.15, -0.1) is 0 Å². The smallest absolute Gasteiger partial charge is 0.201 e. The van der Waals surface area contributed by atoms with Crippen LogP contribution in [-0.4, -0.2) is 48.9 Å². The molecule has 4 aliphatic heterocycles. The molecule has 2 bridgehead atoms. The Morgan fingerprint density at radius 1 is 1.09 bits per heavy atom. The Morgan fingerprint density at radius 2 is 1.91 bits per heavy atom. The fourth-order valence-corrected chi connectivity index (χ4v) is 6.25. The van der Waals surface area contributed by atoms with Crippen molar-refractivity contribution in [2.75, 3.05) is 14.2 Å². The summed E-state index contributed by atoms with van der Waals surface area (Å²) in [6.45, 7) is 6.07. The van der Waals surface area contributed by atoms with Gasteiger partial charge in [0.05, 0.1) is 20.8 Å². The molecule has 5 aliphatic rings. The lowest BCUT2D eigenvalue weighted by atomic mass is 9.57. The molecule has 0 radical (unpaired) electrons. The van der Waals surface area contributed by atoms with E-state index < -0.39 is 29.6 Å². The highest BCUT2D eigenvalue weighted by Gasteiger charge is 2.73. The number of fused-ring (bicyclic) bond motifs is 2. The third-order valence-corrected chi connectivity index (χ3v) is 8.03. The summed E-state index contributed by atoms with van der Waals surface area (Å²) in [4.78, 5) is 11.9. The van der Waals surface area contributed by atoms with E-state index in [0.29, 0.717) is 23.8 Å². The molecule has 1 saturated carbocycles. The van der Waals surface area contributed by atoms with Crippen LogP contribution in [0.15, 0.2) is 18.2 Å². The van der Waals surface area contributed by atoms with Gasteiger partial charge in [0.15, 0.2) is 18.2 Å². The maximum atomic E-state index is 11.7. The summed E-state index contributed by atoms with van der Waals surface area (Å²) in [5.74, 6) is 0.835. The summed E-state index contributed by atoms with van der Waals surface area (Å²) in [6.07, 6.45) is 1.80. The van der Waals surface area contributed by atoms with Crippen LogP contribution in [0.5, 0.6) is 11.5 Å². The molecule has 0 aromatic heterocycles. The van der Waals surface area contributed by atoms with E-state index in [2.05, 4.69) is 6.92 Å². The lowest BCUT2D eigenvalue weighted by Crippen LogP contribution is -2.75. The average molecular weight is 451 g/mol. The predicted octanol–water partition coefficient (Wildman–Crippen LogP) is 3.54. The van der Waals surface area contributed by atoms with Crippen molar-refractivity contribution in [3.8, 4) is 11.5 Å². The predicted molar refractivity (Wildman–Crippen MR) is 113 cm³/mol. The highest BCUT2D eigenvalue weighted by molar-refractivity contribution is 5.39. The largest absolute Gasteiger partial charge is 0.497 e. The molecular weight excluding hydrogens is 416 g/mol. The lowest BCUT2D eigenvalue weighted by molar-refractivity contribution is -0.584. The Morgan fingerprint density at radius 3 is 2.66 bits per heavy atom. The van der Waals surface area contributed by atoms with Gasteiger partial charge in [-0.2, -0.15) is 0 Å². The van der Waals surface area contributed by atoms with Crippen molar-refractivity contribution >= 4 is 0 Å². The van der Waals surface area contributed by atoms with Gasteiger partial charge in [0, 0.05) is 17.9 Å². The number of hydrogen-bond donors (Lipinski definition) is 1. The van der Waals surface area contributed by atoms with E-state index in [0.717, 1.165) is 24.8 Å². The number of methoxy groups -OCH3 is 2. The second kappa shape index (κ2) is 7.82. The first-order chi connectivity index (χ1) is 15.2. The van der Waals surface area contributed by atoms with E-state index in [-0.39, 0.29) is 18.4 Å². The molecule has 8 atom stereocenters. The summed E-state index contributed by atoms with van der Waals surface area (Å²) in [7, 11) is 3.22. The van der Waals surface area contributed by atoms with E-state index in [4.69, 9.17) is 33.5 Å². The monoisotopic (exact) mass is 450 g/mol. The van der Waals surface area contributed by atoms with Crippen molar-refractivity contribution < 1.29 is 38.6 Å². The number of benzene rings is 1. The van der Waals surface area contributed by atoms with Crippen molar-refractivity contribution in [2.45, 2.75) is 82.6 Å². The highest BCUT2D eigenvalue weighted by atomic mass is 17.3. The van der Waals surface area contributed by atoms with Crippen molar-refractivity contribution in [2.24, 2.45) is 17.8 Å². The van der Waals surface area contributed by atoms with Crippen LogP contribution in [0.25, 0.3) is 0 Å². The van der Waals surface area contributed by atoms with Gasteiger partial charge in [-0.1, -0.05) is 6.92 Å². The van der Waals surface area contributed by atoms with E-state index in [9.17, 15) is 5.11 Å². The number of hydrogen-bond acceptors (Lipinski definition) is 8. The molecular formula is C24H34O8. The fraction of sp³-hybridized carbons (Fsp3) is 0.750. The minimum atomic E-state index is -1.30. The minimum absolute atomic E-state index is 0.168. The van der Waals surface area contributed by atoms with Crippen LogP contribution < -0.4 is 9.47 Å². The van der Waals surface area contributed by atoms with Gasteiger partial charge in [-0.25, -0.2) is 9.78 Å². The van der Waals surface area contributed by atoms with Crippen LogP contribution >= 0.6 is 0 Å². The van der Waals surface area contributed by atoms with Crippen LogP contribution in [0.4, 0.5) is 0 Å². The highest BCUT2D eigenvalue weighted by Crippen LogP contribution is 2.61. The topological polar surface area (TPSA) is 84.8 Å². The summed E-state index contributed by atoms with van der Waals surface area (Å²) in [6, 6.07) is 5.52. The third kappa shape index (κ3) is 3.27. The van der Waals surface area contributed by atoms with Crippen molar-refractivity contribution in [1.29, 1.82) is 0 Å². The van der Waals surface area contributed by atoms with Crippen LogP contribution in [-0.2, 0) is 30.6 Å². The second-order valence-electron chi connectivity index (χ2n) is 10.0. The molecule has 4 heterocycles. The van der Waals surface area contributed by atoms with Crippen molar-refractivity contribution in [1.82, 2.24) is 0 Å². The summed E-state index contributed by atoms with van der Waals surface area (Å²) >= 11 is 0. The van der Waals surface area contributed by atoms with Gasteiger partial charge in [-0.3, -0.25) is 0 Å². The van der Waals surface area contributed by atoms with Gasteiger partial charge >= 0.3 is 0 Å². The van der Waals surface area contributed by atoms with Crippen LogP contribution in [0, 0.1) is 17.8 Å². The summed E-state index contributed by atoms with van der Waals surface area (Å²) in [5, 5.41) is 11.7. The Balaban J connectivity index is 1.45. The quantitative estimate of drug-likeness (QED) is 0.682. The minimum Gasteiger partial charge on any atom is -0.497 e. The second-order valence-corrected chi connectivity index (χ2v) is 10.0. The first-order valence-corrected chi connectivity index (χ1v) is 11.5. The SMILES string of the molecule is COc1ccc(OC)c(COC2O[C@@H]3O[C@]4(C)CC[C@H]5[C@H](C)CC[C@H]([C@@]35OO4)[C@@]2(C)O)c1. The van der Waals surface area contributed by atoms with Gasteiger partial charge in [0.25, 0.3) is 0 Å². The van der Waals surface area contributed by atoms with Crippen molar-refractivity contribution in [3.05, 3.63) is 23.8 Å². The Kier molecular flexibility index (Phi) is 5.47. The standard InChI is InChI=1S/C24H34O8/c1-14-6-9-19-23(3,25)20(28-13-15-12-16(26-4)7-8-18(15)27-5)29-21-24(19)17(14)10-11-22(2,30-21)31-32-24/h7-8,12,14,17,19-21,25H,6,9-11,13H2,1-5H3/t14-,17+,19+,20?,21-,22+,23-,24-/m1/s1. The van der Waals surface area contributed by atoms with Crippen molar-refractivity contribution in [3.63, 3.8) is 0 Å². The zero-order valence-corrected chi connectivity index (χ0v) is 19.5. The zero-order valence-electron chi connectivity index (χ0n) is 19.5. The number of ether oxygens (including phenoxy) is 5. The molecule has 1 aliphatic carbocycles. The zero-order chi connectivity index (χ0) is 22.7. The van der Waals surface area contributed by atoms with Crippen LogP contribution in [0.2, 0.25) is 0 Å². The van der Waals surface area contributed by atoms with Crippen LogP contribution in [0.1, 0.15) is 52.0 Å². The number of rotatable bonds is 5. The normalized spacial score (nSPS) is 45.1. The molecule has 1 N–H and O–H groups in total. The molecule has 1 spiro atoms. The van der Waals surface area contributed by atoms with E-state index in [1.165, 1.54) is 0 Å². The lowest BCUT2D eigenvalue weighted by Gasteiger charge is -2.62. The third-order valence-electron chi connectivity index (χ3n) is 8.03. The van der Waals surface area contributed by atoms with E-state index in [1.54, 1.807) is 21.1 Å². The molecule has 1 aromatic rings. The fourth-order valence-electron chi connectivity index (χ4n) is 6.25. The van der Waals surface area contributed by atoms with Crippen LogP contribution in [0.3, 0.4) is 0 Å². The molecule has 1 unspecified atom stereocenters. The first kappa shape index (κ1) is 22.4. The Bertz CT molecular complexity index is 858. The molecule has 1 aromatic carbocycles. The molecule has 6 rings (SSSR count). The number of aliphatic hydroxyl groups is 1. The molecule has 5 fully saturated rings. The molecule has 32 heavy (non-hydrogen) atoms. The van der Waals surface area contributed by atoms with Gasteiger partial charge < -0.3 is 28.8 Å². The molecule has 8 nitrogen and oxygen atoms in total. The molecule has 4 saturated heterocycles. The van der Waals surface area contributed by atoms with Gasteiger partial charge in [-0.05, 0) is 63.1 Å². The van der Waals surface area contributed by atoms with Gasteiger partial charge in [0.2, 0.25) is 5.79 Å². The molecule has 0 amide bonds. The Labute approximate surface area is 188 Å². The first-order valence-electron chi connectivity index (χ1n) is 11.5. The summed E-state index contributed by atoms with van der Waals surface area (Å²) in [5.41, 5.74) is -1.35.